The number of carbonyl (C=O) groups excluding carboxylic acids is 1. The molecule has 0 bridgehead atoms. The third-order valence-electron chi connectivity index (χ3n) is 4.62. The average molecular weight is 308 g/mol. The summed E-state index contributed by atoms with van der Waals surface area (Å²) in [6.45, 7) is 5.51. The molecule has 2 aromatic carbocycles. The van der Waals surface area contributed by atoms with E-state index in [1.54, 1.807) is 0 Å². The van der Waals surface area contributed by atoms with Crippen molar-refractivity contribution in [3.8, 4) is 0 Å². The lowest BCUT2D eigenvalue weighted by Crippen LogP contribution is -2.50. The molecule has 1 unspecified atom stereocenters. The second-order valence-corrected chi connectivity index (χ2v) is 6.02. The van der Waals surface area contributed by atoms with Gasteiger partial charge in [-0.15, -0.1) is 0 Å². The summed E-state index contributed by atoms with van der Waals surface area (Å²) in [6.07, 6.45) is 0.849. The lowest BCUT2D eigenvalue weighted by atomic mass is 9.95. The van der Waals surface area contributed by atoms with Crippen molar-refractivity contribution in [2.24, 2.45) is 0 Å². The monoisotopic (exact) mass is 308 g/mol. The van der Waals surface area contributed by atoms with Crippen molar-refractivity contribution in [1.29, 1.82) is 0 Å². The SMILES string of the molecule is CCC(C(=O)N1CCN(c2ccccc2)CC1)c1ccccc1. The summed E-state index contributed by atoms with van der Waals surface area (Å²) in [7, 11) is 0. The summed E-state index contributed by atoms with van der Waals surface area (Å²) in [5.41, 5.74) is 2.38. The van der Waals surface area contributed by atoms with Crippen LogP contribution < -0.4 is 4.90 Å². The quantitative estimate of drug-likeness (QED) is 0.862. The molecule has 1 aliphatic heterocycles. The van der Waals surface area contributed by atoms with Gasteiger partial charge in [-0.1, -0.05) is 55.5 Å². The highest BCUT2D eigenvalue weighted by Gasteiger charge is 2.27. The molecule has 1 aliphatic rings. The van der Waals surface area contributed by atoms with Crippen molar-refractivity contribution in [1.82, 2.24) is 4.90 Å². The number of piperazine rings is 1. The molecule has 2 aromatic rings. The van der Waals surface area contributed by atoms with E-state index in [1.807, 2.05) is 29.2 Å². The number of hydrogen-bond donors (Lipinski definition) is 0. The molecule has 120 valence electrons. The molecular weight excluding hydrogens is 284 g/mol. The third kappa shape index (κ3) is 3.55. The summed E-state index contributed by atoms with van der Waals surface area (Å²) in [6, 6.07) is 20.6. The van der Waals surface area contributed by atoms with Crippen molar-refractivity contribution in [2.45, 2.75) is 19.3 Å². The van der Waals surface area contributed by atoms with Crippen LogP contribution in [-0.2, 0) is 4.79 Å². The van der Waals surface area contributed by atoms with E-state index in [2.05, 4.69) is 48.2 Å². The van der Waals surface area contributed by atoms with Gasteiger partial charge in [-0.3, -0.25) is 4.79 Å². The lowest BCUT2D eigenvalue weighted by molar-refractivity contribution is -0.133. The van der Waals surface area contributed by atoms with Crippen molar-refractivity contribution in [3.05, 3.63) is 66.2 Å². The fourth-order valence-corrected chi connectivity index (χ4v) is 3.28. The number of anilines is 1. The van der Waals surface area contributed by atoms with E-state index in [4.69, 9.17) is 0 Å². The molecule has 1 heterocycles. The molecule has 0 saturated carbocycles. The molecular formula is C20H24N2O. The largest absolute Gasteiger partial charge is 0.368 e. The number of hydrogen-bond acceptors (Lipinski definition) is 2. The van der Waals surface area contributed by atoms with E-state index in [1.165, 1.54) is 5.69 Å². The highest BCUT2D eigenvalue weighted by Crippen LogP contribution is 2.23. The minimum absolute atomic E-state index is 0.0144. The Bertz CT molecular complexity index is 619. The maximum absolute atomic E-state index is 12.9. The Morgan fingerprint density at radius 3 is 2.04 bits per heavy atom. The standard InChI is InChI=1S/C20H24N2O/c1-2-19(17-9-5-3-6-10-17)20(23)22-15-13-21(14-16-22)18-11-7-4-8-12-18/h3-12,19H,2,13-16H2,1H3. The molecule has 0 spiro atoms. The topological polar surface area (TPSA) is 23.6 Å². The molecule has 1 fully saturated rings. The molecule has 0 N–H and O–H groups in total. The van der Waals surface area contributed by atoms with Crippen LogP contribution in [0, 0.1) is 0 Å². The van der Waals surface area contributed by atoms with E-state index in [9.17, 15) is 4.79 Å². The van der Waals surface area contributed by atoms with Crippen molar-refractivity contribution in [3.63, 3.8) is 0 Å². The molecule has 1 atom stereocenters. The van der Waals surface area contributed by atoms with Crippen LogP contribution in [-0.4, -0.2) is 37.0 Å². The maximum Gasteiger partial charge on any atom is 0.230 e. The zero-order valence-electron chi connectivity index (χ0n) is 13.7. The number of benzene rings is 2. The second-order valence-electron chi connectivity index (χ2n) is 6.02. The van der Waals surface area contributed by atoms with E-state index in [0.717, 1.165) is 38.2 Å². The van der Waals surface area contributed by atoms with E-state index in [-0.39, 0.29) is 11.8 Å². The molecule has 3 nitrogen and oxygen atoms in total. The fraction of sp³-hybridized carbons (Fsp3) is 0.350. The third-order valence-corrected chi connectivity index (χ3v) is 4.62. The Hall–Kier alpha value is -2.29. The minimum Gasteiger partial charge on any atom is -0.368 e. The van der Waals surface area contributed by atoms with Gasteiger partial charge >= 0.3 is 0 Å². The molecule has 0 aromatic heterocycles. The van der Waals surface area contributed by atoms with Crippen LogP contribution in [0.15, 0.2) is 60.7 Å². The minimum atomic E-state index is -0.0144. The smallest absolute Gasteiger partial charge is 0.230 e. The van der Waals surface area contributed by atoms with Gasteiger partial charge in [-0.25, -0.2) is 0 Å². The van der Waals surface area contributed by atoms with Gasteiger partial charge in [0.15, 0.2) is 0 Å². The van der Waals surface area contributed by atoms with E-state index >= 15 is 0 Å². The van der Waals surface area contributed by atoms with Crippen molar-refractivity contribution in [2.75, 3.05) is 31.1 Å². The van der Waals surface area contributed by atoms with Crippen LogP contribution in [0.5, 0.6) is 0 Å². The predicted molar refractivity (Wildman–Crippen MR) is 94.7 cm³/mol. The van der Waals surface area contributed by atoms with Gasteiger partial charge in [0, 0.05) is 31.9 Å². The normalized spacial score (nSPS) is 16.2. The zero-order chi connectivity index (χ0) is 16.1. The van der Waals surface area contributed by atoms with Crippen LogP contribution in [0.25, 0.3) is 0 Å². The summed E-state index contributed by atoms with van der Waals surface area (Å²) in [4.78, 5) is 17.3. The number of carbonyl (C=O) groups is 1. The first-order valence-electron chi connectivity index (χ1n) is 8.43. The predicted octanol–water partition coefficient (Wildman–Crippen LogP) is 3.53. The van der Waals surface area contributed by atoms with Crippen LogP contribution in [0.4, 0.5) is 5.69 Å². The molecule has 0 radical (unpaired) electrons. The van der Waals surface area contributed by atoms with Crippen molar-refractivity contribution >= 4 is 11.6 Å². The Kier molecular flexibility index (Phi) is 4.96. The summed E-state index contributed by atoms with van der Waals surface area (Å²) in [5.74, 6) is 0.255. The second kappa shape index (κ2) is 7.32. The summed E-state index contributed by atoms with van der Waals surface area (Å²) < 4.78 is 0. The first kappa shape index (κ1) is 15.6. The highest BCUT2D eigenvalue weighted by molar-refractivity contribution is 5.84. The van der Waals surface area contributed by atoms with Gasteiger partial charge < -0.3 is 9.80 Å². The molecule has 23 heavy (non-hydrogen) atoms. The van der Waals surface area contributed by atoms with Crippen LogP contribution in [0.3, 0.4) is 0 Å². The first-order valence-corrected chi connectivity index (χ1v) is 8.43. The van der Waals surface area contributed by atoms with Gasteiger partial charge in [0.2, 0.25) is 5.91 Å². The average Bonchev–Trinajstić information content (AvgIpc) is 2.64. The summed E-state index contributed by atoms with van der Waals surface area (Å²) in [5, 5.41) is 0. The fourth-order valence-electron chi connectivity index (χ4n) is 3.28. The summed E-state index contributed by atoms with van der Waals surface area (Å²) >= 11 is 0. The molecule has 1 saturated heterocycles. The van der Waals surface area contributed by atoms with Gasteiger partial charge in [-0.2, -0.15) is 0 Å². The van der Waals surface area contributed by atoms with E-state index < -0.39 is 0 Å². The van der Waals surface area contributed by atoms with Crippen LogP contribution in [0.1, 0.15) is 24.8 Å². The van der Waals surface area contributed by atoms with Gasteiger partial charge in [0.25, 0.3) is 0 Å². The van der Waals surface area contributed by atoms with Crippen LogP contribution in [0.2, 0.25) is 0 Å². The number of amides is 1. The molecule has 1 amide bonds. The maximum atomic E-state index is 12.9. The van der Waals surface area contributed by atoms with E-state index in [0.29, 0.717) is 0 Å². The Balaban J connectivity index is 1.64. The highest BCUT2D eigenvalue weighted by atomic mass is 16.2. The molecule has 0 aliphatic carbocycles. The lowest BCUT2D eigenvalue weighted by Gasteiger charge is -2.37. The Morgan fingerprint density at radius 1 is 0.913 bits per heavy atom. The van der Waals surface area contributed by atoms with Crippen LogP contribution >= 0.6 is 0 Å². The number of rotatable bonds is 4. The van der Waals surface area contributed by atoms with Gasteiger partial charge in [0.1, 0.15) is 0 Å². The van der Waals surface area contributed by atoms with Gasteiger partial charge in [-0.05, 0) is 24.1 Å². The number of nitrogens with zero attached hydrogens (tertiary/aromatic N) is 2. The van der Waals surface area contributed by atoms with Crippen molar-refractivity contribution < 1.29 is 4.79 Å². The molecule has 3 rings (SSSR count). The molecule has 3 heteroatoms. The number of para-hydroxylation sites is 1. The van der Waals surface area contributed by atoms with Gasteiger partial charge in [0.05, 0.1) is 5.92 Å². The Morgan fingerprint density at radius 2 is 1.48 bits per heavy atom. The zero-order valence-corrected chi connectivity index (χ0v) is 13.7. The Labute approximate surface area is 138 Å². The first-order chi connectivity index (χ1) is 11.3.